The monoisotopic (exact) mass is 1130 g/mol. The molecule has 0 atom stereocenters. The van der Waals surface area contributed by atoms with Crippen LogP contribution in [0.5, 0.6) is 5.75 Å². The Morgan fingerprint density at radius 3 is 1.09 bits per heavy atom. The SMILES string of the molecule is CC(=O)[O-].N.O=C[O-].O=S(=O)([O-])[O-].O=[N+]([O-])[O-].Oc1ccccc1.[Br-].[Cl-].[I-].[Zn+2].[Zn+2].[Zn+2].[Zn+2].[Zn+2].[Zn+2].[Zn+2].[Zn+2]. The fourth-order valence-electron chi connectivity index (χ4n) is 0.428. The number of aliphatic carboxylic acids is 1. The third kappa shape index (κ3) is 358. The maximum Gasteiger partial charge on any atom is 2.00 e. The first-order valence-electron chi connectivity index (χ1n) is 4.73. The topological polar surface area (TPSA) is 282 Å². The van der Waals surface area contributed by atoms with E-state index >= 15 is 0 Å². The Bertz CT molecular complexity index is 536. The molecule has 0 radical (unpaired) electrons. The Balaban J connectivity index is -0.00000000868. The van der Waals surface area contributed by atoms with Crippen molar-refractivity contribution in [2.75, 3.05) is 0 Å². The van der Waals surface area contributed by atoms with Gasteiger partial charge < -0.3 is 109 Å². The third-order valence-corrected chi connectivity index (χ3v) is 0.756. The molecule has 26 heteroatoms. The number of carbonyl (C=O) groups is 2. The number of hydrogen-bond donors (Lipinski definition) is 2. The second-order valence-corrected chi connectivity index (χ2v) is 3.37. The average Bonchev–Trinajstić information content (AvgIpc) is 2.26. The maximum atomic E-state index is 8.89. The van der Waals surface area contributed by atoms with Crippen LogP contribution in [0.15, 0.2) is 30.3 Å². The van der Waals surface area contributed by atoms with Crippen molar-refractivity contribution in [3.63, 3.8) is 0 Å². The normalized spacial score (nSPS) is 5.11. The van der Waals surface area contributed by atoms with Crippen molar-refractivity contribution < 1.29 is 257 Å². The van der Waals surface area contributed by atoms with Crippen LogP contribution in [0.3, 0.4) is 0 Å². The van der Waals surface area contributed by atoms with E-state index in [0.717, 1.165) is 6.92 Å². The number of phenolic OH excluding ortho intramolecular Hbond substituents is 1. The molecule has 1 aromatic rings. The van der Waals surface area contributed by atoms with Gasteiger partial charge in [-0.05, 0) is 19.1 Å². The average molecular weight is 1140 g/mol. The number of hydrogen-bond acceptors (Lipinski definition) is 13. The van der Waals surface area contributed by atoms with Gasteiger partial charge in [-0.1, -0.05) is 18.2 Å². The zero-order valence-corrected chi connectivity index (χ0v) is 47.8. The van der Waals surface area contributed by atoms with E-state index in [2.05, 4.69) is 0 Å². The van der Waals surface area contributed by atoms with Crippen LogP contribution < -0.4 is 69.7 Å². The summed E-state index contributed by atoms with van der Waals surface area (Å²) < 4.78 is 34.1. The minimum absolute atomic E-state index is 0. The standard InChI is InChI=1S/C6H6O.C2H4O2.CH2O2.BrH.ClH.HI.NO3.H3N.H2O4S.8Zn/c7-6-4-2-1-3-5-6;1-2(3)4;2-1-3;;;;2-1(3)4;;1-5(2,3)4;;;;;;;;/h1-5,7H;1H3,(H,3,4);1H,(H,2,3);3*1H;;1H3;(H2,1,2,3,4);;;;;;;;/q;;;;;;-1;;;8*+2/p-7. The zero-order chi connectivity index (χ0) is 19.5. The molecule has 4 N–H and O–H groups in total. The Labute approximate surface area is 338 Å². The van der Waals surface area contributed by atoms with Crippen LogP contribution >= 0.6 is 0 Å². The second-order valence-electron chi connectivity index (χ2n) is 2.56. The Morgan fingerprint density at radius 1 is 0.914 bits per heavy atom. The van der Waals surface area contributed by atoms with E-state index in [-0.39, 0.29) is 215 Å². The van der Waals surface area contributed by atoms with Crippen molar-refractivity contribution in [2.45, 2.75) is 6.92 Å². The van der Waals surface area contributed by atoms with Gasteiger partial charge in [-0.25, -0.2) is 0 Å². The first kappa shape index (κ1) is 107. The molecule has 0 amide bonds. The molecule has 0 aromatic heterocycles. The molecular weight excluding hydrogens is 1130 g/mol. The molecule has 0 aliphatic heterocycles. The number of halogens is 3. The largest absolute Gasteiger partial charge is 2.00 e. The molecule has 0 fully saturated rings. The molecule has 0 spiro atoms. The van der Waals surface area contributed by atoms with Gasteiger partial charge in [0.05, 0.1) is 5.09 Å². The van der Waals surface area contributed by atoms with E-state index in [4.69, 9.17) is 57.8 Å². The summed E-state index contributed by atoms with van der Waals surface area (Å²) in [5, 5.41) is 40.5. The summed E-state index contributed by atoms with van der Waals surface area (Å²) in [6.45, 7) is 0.472. The van der Waals surface area contributed by atoms with Crippen LogP contribution in [-0.2, 0) is 176 Å². The zero-order valence-electron chi connectivity index (χ0n) is 18.8. The van der Waals surface area contributed by atoms with Crippen molar-refractivity contribution in [1.29, 1.82) is 0 Å². The summed E-state index contributed by atoms with van der Waals surface area (Å²) in [5.41, 5.74) is 0. The summed E-state index contributed by atoms with van der Waals surface area (Å²) in [6.07, 6.45) is 0. The van der Waals surface area contributed by atoms with Crippen molar-refractivity contribution in [2.24, 2.45) is 0 Å². The van der Waals surface area contributed by atoms with Crippen LogP contribution in [-0.4, -0.2) is 40.2 Å². The maximum absolute atomic E-state index is 8.89. The number of carboxylic acid groups (broad SMARTS) is 2. The molecule has 0 heterocycles. The quantitative estimate of drug-likeness (QED) is 0.0465. The summed E-state index contributed by atoms with van der Waals surface area (Å²) >= 11 is 0. The van der Waals surface area contributed by atoms with E-state index in [1.54, 1.807) is 24.3 Å². The number of aromatic hydroxyl groups is 1. The van der Waals surface area contributed by atoms with E-state index in [9.17, 15) is 0 Å². The number of nitrogens with zero attached hydrogens (tertiary/aromatic N) is 1. The van der Waals surface area contributed by atoms with Gasteiger partial charge in [0.2, 0.25) is 0 Å². The second kappa shape index (κ2) is 83.2. The predicted octanol–water partition coefficient (Wildman–Crippen LogP) is -11.9. The fraction of sp³-hybridized carbons (Fsp3) is 0.111. The smallest absolute Gasteiger partial charge is 1.00 e. The minimum atomic E-state index is -5.17. The van der Waals surface area contributed by atoms with Gasteiger partial charge in [0.25, 0.3) is 0 Å². The van der Waals surface area contributed by atoms with Crippen LogP contribution in [0.25, 0.3) is 0 Å². The Kier molecular flexibility index (Phi) is 254. The van der Waals surface area contributed by atoms with Gasteiger partial charge in [-0.2, -0.15) is 0 Å². The summed E-state index contributed by atoms with van der Waals surface area (Å²) in [7, 11) is -5.17. The Morgan fingerprint density at radius 2 is 1.03 bits per heavy atom. The number of rotatable bonds is 0. The number of para-hydroxylation sites is 1. The van der Waals surface area contributed by atoms with Gasteiger partial charge >= 0.3 is 156 Å². The van der Waals surface area contributed by atoms with E-state index < -0.39 is 27.9 Å². The molecule has 35 heavy (non-hydrogen) atoms. The molecule has 0 aliphatic rings. The van der Waals surface area contributed by atoms with Crippen LogP contribution in [0.4, 0.5) is 0 Å². The molecule has 0 unspecified atom stereocenters. The van der Waals surface area contributed by atoms with E-state index in [1.807, 2.05) is 6.07 Å². The molecule has 1 aromatic carbocycles. The minimum Gasteiger partial charge on any atom is -1.00 e. The van der Waals surface area contributed by atoms with Gasteiger partial charge in [-0.15, -0.1) is 0 Å². The van der Waals surface area contributed by atoms with Crippen molar-refractivity contribution in [3.8, 4) is 5.75 Å². The van der Waals surface area contributed by atoms with Gasteiger partial charge in [0.1, 0.15) is 5.75 Å². The summed E-state index contributed by atoms with van der Waals surface area (Å²) in [6, 6.07) is 8.71. The number of carbonyl (C=O) groups excluding carboxylic acids is 2. The van der Waals surface area contributed by atoms with Crippen molar-refractivity contribution >= 4 is 22.8 Å². The molecule has 1 rings (SSSR count). The predicted molar refractivity (Wildman–Crippen MR) is 70.7 cm³/mol. The van der Waals surface area contributed by atoms with Gasteiger partial charge in [0, 0.05) is 22.8 Å². The molecule has 0 bridgehead atoms. The van der Waals surface area contributed by atoms with Gasteiger partial charge in [-0.3, -0.25) is 8.42 Å². The van der Waals surface area contributed by atoms with Crippen LogP contribution in [0, 0.1) is 15.3 Å². The van der Waals surface area contributed by atoms with E-state index in [0.29, 0.717) is 5.75 Å². The first-order chi connectivity index (χ1) is 10.3. The number of phenols is 1. The molecule has 14 nitrogen and oxygen atoms in total. The number of carboxylic acids is 1. The van der Waals surface area contributed by atoms with Crippen molar-refractivity contribution in [1.82, 2.24) is 6.15 Å². The molecule has 0 saturated carbocycles. The fourth-order valence-corrected chi connectivity index (χ4v) is 0.428. The molecular formula is C9H13BrClIN2O12SZn8+8. The van der Waals surface area contributed by atoms with Crippen LogP contribution in [0.2, 0.25) is 0 Å². The van der Waals surface area contributed by atoms with Crippen LogP contribution in [0.1, 0.15) is 6.92 Å². The van der Waals surface area contributed by atoms with E-state index in [1.165, 1.54) is 0 Å². The van der Waals surface area contributed by atoms with Crippen molar-refractivity contribution in [3.05, 3.63) is 45.7 Å². The first-order valence-corrected chi connectivity index (χ1v) is 6.06. The summed E-state index contributed by atoms with van der Waals surface area (Å²) in [5.74, 6) is -0.762. The summed E-state index contributed by atoms with van der Waals surface area (Å²) in [4.78, 5) is 25.4. The molecule has 166 valence electrons. The van der Waals surface area contributed by atoms with Gasteiger partial charge in [0.15, 0.2) is 0 Å². The number of benzene rings is 1. The third-order valence-electron chi connectivity index (χ3n) is 0.756. The molecule has 0 saturated heterocycles. The Hall–Kier alpha value is 3.48. The molecule has 0 aliphatic carbocycles.